The lowest BCUT2D eigenvalue weighted by Crippen LogP contribution is -2.47. The fraction of sp³-hybridized carbons (Fsp3) is 0.185. The van der Waals surface area contributed by atoms with E-state index in [2.05, 4.69) is 21.9 Å². The molecule has 0 aliphatic carbocycles. The third-order valence-corrected chi connectivity index (χ3v) is 6.66. The van der Waals surface area contributed by atoms with Gasteiger partial charge in [-0.1, -0.05) is 66.2 Å². The van der Waals surface area contributed by atoms with E-state index in [1.54, 1.807) is 12.1 Å². The van der Waals surface area contributed by atoms with Gasteiger partial charge in [-0.3, -0.25) is 9.59 Å². The molecule has 2 amide bonds. The molecule has 2 heterocycles. The van der Waals surface area contributed by atoms with Crippen molar-refractivity contribution in [1.29, 1.82) is 0 Å². The highest BCUT2D eigenvalue weighted by atomic mass is 35.5. The van der Waals surface area contributed by atoms with Crippen LogP contribution in [-0.2, 0) is 9.59 Å². The summed E-state index contributed by atoms with van der Waals surface area (Å²) in [7, 11) is 0. The number of aryl methyl sites for hydroxylation is 1. The number of imide groups is 1. The van der Waals surface area contributed by atoms with Gasteiger partial charge in [0, 0.05) is 36.9 Å². The van der Waals surface area contributed by atoms with E-state index in [1.165, 1.54) is 10.6 Å². The number of hydrogen-bond acceptors (Lipinski definition) is 4. The van der Waals surface area contributed by atoms with Gasteiger partial charge in [0.15, 0.2) is 0 Å². The quantitative estimate of drug-likeness (QED) is 0.530. The molecular weight excluding hydrogens is 434 g/mol. The minimum Gasteiger partial charge on any atom is -0.368 e. The molecule has 166 valence electrons. The summed E-state index contributed by atoms with van der Waals surface area (Å²) < 4.78 is 0. The van der Waals surface area contributed by atoms with Crippen LogP contribution < -0.4 is 9.80 Å². The standard InChI is InChI=1S/C27H24ClN3O2/c1-19-12-13-22(18-23(19)28)31-26(32)24(20-8-4-2-5-9-20)25(27(31)33)30-16-14-29(15-17-30)21-10-6-3-7-11-21/h2-13,18H,14-17H2,1H3. The third-order valence-electron chi connectivity index (χ3n) is 6.25. The third kappa shape index (κ3) is 3.89. The number of carbonyl (C=O) groups excluding carboxylic acids is 2. The van der Waals surface area contributed by atoms with Crippen LogP contribution in [0.2, 0.25) is 5.02 Å². The fourth-order valence-electron chi connectivity index (χ4n) is 4.46. The van der Waals surface area contributed by atoms with Gasteiger partial charge in [0.25, 0.3) is 11.8 Å². The average molecular weight is 458 g/mol. The van der Waals surface area contributed by atoms with Gasteiger partial charge in [-0.2, -0.15) is 0 Å². The first kappa shape index (κ1) is 21.3. The van der Waals surface area contributed by atoms with Crippen molar-refractivity contribution in [3.8, 4) is 0 Å². The Morgan fingerprint density at radius 1 is 0.697 bits per heavy atom. The summed E-state index contributed by atoms with van der Waals surface area (Å²) in [6, 6.07) is 25.0. The van der Waals surface area contributed by atoms with Crippen LogP contribution >= 0.6 is 11.6 Å². The molecule has 0 aromatic heterocycles. The number of amides is 2. The molecule has 3 aromatic rings. The molecule has 1 saturated heterocycles. The smallest absolute Gasteiger partial charge is 0.282 e. The van der Waals surface area contributed by atoms with Crippen LogP contribution in [0, 0.1) is 6.92 Å². The number of rotatable bonds is 4. The second kappa shape index (κ2) is 8.75. The number of halogens is 1. The fourth-order valence-corrected chi connectivity index (χ4v) is 4.63. The predicted octanol–water partition coefficient (Wildman–Crippen LogP) is 4.76. The molecule has 3 aromatic carbocycles. The second-order valence-corrected chi connectivity index (χ2v) is 8.69. The summed E-state index contributed by atoms with van der Waals surface area (Å²) in [6.07, 6.45) is 0. The Hall–Kier alpha value is -3.57. The Morgan fingerprint density at radius 2 is 1.30 bits per heavy atom. The van der Waals surface area contributed by atoms with Gasteiger partial charge in [0.05, 0.1) is 11.3 Å². The monoisotopic (exact) mass is 457 g/mol. The molecule has 0 unspecified atom stereocenters. The van der Waals surface area contributed by atoms with Crippen LogP contribution in [0.4, 0.5) is 11.4 Å². The van der Waals surface area contributed by atoms with Gasteiger partial charge in [0.2, 0.25) is 0 Å². The van der Waals surface area contributed by atoms with Crippen LogP contribution in [0.15, 0.2) is 84.6 Å². The highest BCUT2D eigenvalue weighted by molar-refractivity contribution is 6.45. The molecule has 6 heteroatoms. The molecular formula is C27H24ClN3O2. The van der Waals surface area contributed by atoms with E-state index in [0.717, 1.165) is 24.2 Å². The molecule has 0 saturated carbocycles. The van der Waals surface area contributed by atoms with Crippen LogP contribution in [0.5, 0.6) is 0 Å². The van der Waals surface area contributed by atoms with Gasteiger partial charge in [-0.25, -0.2) is 4.90 Å². The van der Waals surface area contributed by atoms with E-state index in [0.29, 0.717) is 35.1 Å². The van der Waals surface area contributed by atoms with Crippen molar-refractivity contribution in [1.82, 2.24) is 4.90 Å². The first-order valence-electron chi connectivity index (χ1n) is 11.0. The molecule has 0 bridgehead atoms. The van der Waals surface area contributed by atoms with Crippen molar-refractivity contribution >= 4 is 40.4 Å². The van der Waals surface area contributed by atoms with Gasteiger partial charge in [-0.15, -0.1) is 0 Å². The maximum Gasteiger partial charge on any atom is 0.282 e. The minimum atomic E-state index is -0.313. The summed E-state index contributed by atoms with van der Waals surface area (Å²) in [5, 5.41) is 0.527. The average Bonchev–Trinajstić information content (AvgIpc) is 3.12. The van der Waals surface area contributed by atoms with Crippen LogP contribution in [-0.4, -0.2) is 42.9 Å². The number of benzene rings is 3. The number of carbonyl (C=O) groups is 2. The Bertz CT molecular complexity index is 1230. The minimum absolute atomic E-state index is 0.299. The van der Waals surface area contributed by atoms with E-state index in [1.807, 2.05) is 61.5 Å². The highest BCUT2D eigenvalue weighted by Crippen LogP contribution is 2.36. The van der Waals surface area contributed by atoms with Crippen molar-refractivity contribution in [2.24, 2.45) is 0 Å². The second-order valence-electron chi connectivity index (χ2n) is 8.28. The van der Waals surface area contributed by atoms with E-state index in [4.69, 9.17) is 11.6 Å². The summed E-state index contributed by atoms with van der Waals surface area (Å²) in [6.45, 7) is 4.75. The molecule has 5 nitrogen and oxygen atoms in total. The Morgan fingerprint density at radius 3 is 1.94 bits per heavy atom. The molecule has 0 N–H and O–H groups in total. The molecule has 0 radical (unpaired) electrons. The van der Waals surface area contributed by atoms with Crippen molar-refractivity contribution in [3.63, 3.8) is 0 Å². The first-order valence-corrected chi connectivity index (χ1v) is 11.4. The Balaban J connectivity index is 1.50. The van der Waals surface area contributed by atoms with Crippen LogP contribution in [0.25, 0.3) is 5.57 Å². The SMILES string of the molecule is Cc1ccc(N2C(=O)C(c3ccccc3)=C(N3CCN(c4ccccc4)CC3)C2=O)cc1Cl. The Labute approximate surface area is 198 Å². The van der Waals surface area contributed by atoms with E-state index in [9.17, 15) is 9.59 Å². The van der Waals surface area contributed by atoms with Gasteiger partial charge < -0.3 is 9.80 Å². The van der Waals surface area contributed by atoms with E-state index in [-0.39, 0.29) is 11.8 Å². The zero-order valence-electron chi connectivity index (χ0n) is 18.4. The Kier molecular flexibility index (Phi) is 5.65. The zero-order chi connectivity index (χ0) is 22.9. The number of anilines is 2. The molecule has 0 spiro atoms. The van der Waals surface area contributed by atoms with Gasteiger partial charge in [0.1, 0.15) is 5.70 Å². The van der Waals surface area contributed by atoms with E-state index >= 15 is 0 Å². The molecule has 2 aliphatic rings. The topological polar surface area (TPSA) is 43.9 Å². The largest absolute Gasteiger partial charge is 0.368 e. The van der Waals surface area contributed by atoms with E-state index < -0.39 is 0 Å². The number of piperazine rings is 1. The van der Waals surface area contributed by atoms with Crippen LogP contribution in [0.3, 0.4) is 0 Å². The van der Waals surface area contributed by atoms with Crippen molar-refractivity contribution in [2.45, 2.75) is 6.92 Å². The summed E-state index contributed by atoms with van der Waals surface area (Å²) in [5.41, 5.74) is 4.22. The van der Waals surface area contributed by atoms with Gasteiger partial charge >= 0.3 is 0 Å². The first-order chi connectivity index (χ1) is 16.0. The zero-order valence-corrected chi connectivity index (χ0v) is 19.1. The molecule has 0 atom stereocenters. The number of para-hydroxylation sites is 1. The highest BCUT2D eigenvalue weighted by Gasteiger charge is 2.43. The molecule has 5 rings (SSSR count). The van der Waals surface area contributed by atoms with Crippen molar-refractivity contribution in [3.05, 3.63) is 101 Å². The lowest BCUT2D eigenvalue weighted by atomic mass is 10.0. The van der Waals surface area contributed by atoms with Gasteiger partial charge in [-0.05, 0) is 42.3 Å². The number of hydrogen-bond donors (Lipinski definition) is 0. The molecule has 2 aliphatic heterocycles. The normalized spacial score (nSPS) is 16.7. The summed E-state index contributed by atoms with van der Waals surface area (Å²) in [5.74, 6) is -0.612. The van der Waals surface area contributed by atoms with Crippen molar-refractivity contribution < 1.29 is 9.59 Å². The number of nitrogens with zero attached hydrogens (tertiary/aromatic N) is 3. The molecule has 1 fully saturated rings. The maximum atomic E-state index is 13.7. The summed E-state index contributed by atoms with van der Waals surface area (Å²) in [4.78, 5) is 32.9. The predicted molar refractivity (Wildman–Crippen MR) is 132 cm³/mol. The molecule has 33 heavy (non-hydrogen) atoms. The van der Waals surface area contributed by atoms with Crippen LogP contribution in [0.1, 0.15) is 11.1 Å². The maximum absolute atomic E-state index is 13.7. The van der Waals surface area contributed by atoms with Crippen molar-refractivity contribution in [2.75, 3.05) is 36.0 Å². The lowest BCUT2D eigenvalue weighted by molar-refractivity contribution is -0.120. The lowest BCUT2D eigenvalue weighted by Gasteiger charge is -2.37. The summed E-state index contributed by atoms with van der Waals surface area (Å²) >= 11 is 6.32.